The number of benzene rings is 2. The summed E-state index contributed by atoms with van der Waals surface area (Å²) in [6.07, 6.45) is 1.83. The fourth-order valence-corrected chi connectivity index (χ4v) is 3.41. The topological polar surface area (TPSA) is 59.9 Å². The predicted molar refractivity (Wildman–Crippen MR) is 103 cm³/mol. The molecular weight excluding hydrogens is 335 g/mol. The molecule has 1 amide bonds. The van der Waals surface area contributed by atoms with Crippen LogP contribution in [0.4, 0.5) is 5.69 Å². The van der Waals surface area contributed by atoms with Crippen LogP contribution in [-0.4, -0.2) is 32.1 Å². The van der Waals surface area contributed by atoms with Gasteiger partial charge in [0.05, 0.1) is 10.6 Å². The standard InChI is InChI=1S/C18H15BN2O3S/c19-12-3-1-2-4-13(12)20-18-21-17(22)16(25-18)10-11-5-6-14-15(9-11)24-8-7-23-14/h1-6,9-10H,7-8,19H2,(H,20,21,22)/b16-10-. The lowest BCUT2D eigenvalue weighted by atomic mass is 9.94. The number of hydrogen-bond donors (Lipinski definition) is 1. The number of thioether (sulfide) groups is 1. The molecule has 4 rings (SSSR count). The second-order valence-corrected chi connectivity index (χ2v) is 6.70. The van der Waals surface area contributed by atoms with Gasteiger partial charge in [0.1, 0.15) is 21.1 Å². The van der Waals surface area contributed by atoms with Crippen LogP contribution in [0.5, 0.6) is 11.5 Å². The number of amidine groups is 1. The van der Waals surface area contributed by atoms with Gasteiger partial charge in [-0.1, -0.05) is 29.7 Å². The molecule has 25 heavy (non-hydrogen) atoms. The molecule has 7 heteroatoms. The van der Waals surface area contributed by atoms with Crippen LogP contribution >= 0.6 is 11.8 Å². The Morgan fingerprint density at radius 1 is 1.12 bits per heavy atom. The van der Waals surface area contributed by atoms with E-state index in [1.165, 1.54) is 11.8 Å². The minimum Gasteiger partial charge on any atom is -0.486 e. The number of carbonyl (C=O) groups is 1. The molecule has 0 aromatic heterocycles. The van der Waals surface area contributed by atoms with Crippen molar-refractivity contribution in [3.63, 3.8) is 0 Å². The number of nitrogens with one attached hydrogen (secondary N) is 1. The third-order valence-corrected chi connectivity index (χ3v) is 4.76. The van der Waals surface area contributed by atoms with Crippen LogP contribution in [0, 0.1) is 0 Å². The molecule has 0 saturated carbocycles. The van der Waals surface area contributed by atoms with E-state index in [0.717, 1.165) is 22.5 Å². The maximum absolute atomic E-state index is 12.2. The lowest BCUT2D eigenvalue weighted by Gasteiger charge is -2.18. The average Bonchev–Trinajstić information content (AvgIpc) is 2.96. The Labute approximate surface area is 150 Å². The highest BCUT2D eigenvalue weighted by molar-refractivity contribution is 8.18. The Balaban J connectivity index is 1.58. The number of hydrogen-bond acceptors (Lipinski definition) is 5. The van der Waals surface area contributed by atoms with Gasteiger partial charge in [-0.25, -0.2) is 4.99 Å². The Bertz CT molecular complexity index is 911. The van der Waals surface area contributed by atoms with E-state index < -0.39 is 0 Å². The van der Waals surface area contributed by atoms with Crippen molar-refractivity contribution in [3.8, 4) is 11.5 Å². The van der Waals surface area contributed by atoms with E-state index >= 15 is 0 Å². The van der Waals surface area contributed by atoms with E-state index in [0.29, 0.717) is 29.0 Å². The fraction of sp³-hybridized carbons (Fsp3) is 0.111. The molecule has 2 aromatic carbocycles. The lowest BCUT2D eigenvalue weighted by molar-refractivity contribution is -0.115. The van der Waals surface area contributed by atoms with Crippen molar-refractivity contribution < 1.29 is 14.3 Å². The molecule has 5 nitrogen and oxygen atoms in total. The Morgan fingerprint density at radius 2 is 1.92 bits per heavy atom. The van der Waals surface area contributed by atoms with E-state index in [1.807, 2.05) is 56.4 Å². The zero-order valence-electron chi connectivity index (χ0n) is 13.6. The molecule has 0 spiro atoms. The maximum atomic E-state index is 12.2. The molecule has 0 radical (unpaired) electrons. The number of nitrogens with zero attached hydrogens (tertiary/aromatic N) is 1. The van der Waals surface area contributed by atoms with Crippen molar-refractivity contribution in [3.05, 3.63) is 52.9 Å². The average molecular weight is 350 g/mol. The van der Waals surface area contributed by atoms with Crippen LogP contribution in [0.25, 0.3) is 6.08 Å². The Morgan fingerprint density at radius 3 is 2.76 bits per heavy atom. The molecule has 2 aromatic rings. The van der Waals surface area contributed by atoms with Crippen molar-refractivity contribution in [2.45, 2.75) is 0 Å². The molecule has 2 heterocycles. The highest BCUT2D eigenvalue weighted by Crippen LogP contribution is 2.33. The van der Waals surface area contributed by atoms with Gasteiger partial charge in [0, 0.05) is 0 Å². The first-order valence-electron chi connectivity index (χ1n) is 7.94. The summed E-state index contributed by atoms with van der Waals surface area (Å²) in [5.74, 6) is 1.30. The van der Waals surface area contributed by atoms with Gasteiger partial charge in [-0.2, -0.15) is 0 Å². The molecule has 1 N–H and O–H groups in total. The molecule has 0 atom stereocenters. The number of para-hydroxylation sites is 1. The van der Waals surface area contributed by atoms with Crippen LogP contribution in [0.3, 0.4) is 0 Å². The third kappa shape index (κ3) is 3.41. The quantitative estimate of drug-likeness (QED) is 0.660. The van der Waals surface area contributed by atoms with Crippen molar-refractivity contribution in [1.82, 2.24) is 5.32 Å². The van der Waals surface area contributed by atoms with Gasteiger partial charge in [-0.3, -0.25) is 4.79 Å². The zero-order valence-corrected chi connectivity index (χ0v) is 14.4. The number of rotatable bonds is 2. The van der Waals surface area contributed by atoms with Crippen LogP contribution in [0.15, 0.2) is 52.4 Å². The lowest BCUT2D eigenvalue weighted by Crippen LogP contribution is -2.20. The van der Waals surface area contributed by atoms with Crippen LogP contribution < -0.4 is 20.3 Å². The Hall–Kier alpha value is -2.67. The summed E-state index contributed by atoms with van der Waals surface area (Å²) in [5.41, 5.74) is 2.80. The monoisotopic (exact) mass is 350 g/mol. The summed E-state index contributed by atoms with van der Waals surface area (Å²) in [6.45, 7) is 1.10. The minimum atomic E-state index is -0.146. The molecule has 2 aliphatic heterocycles. The summed E-state index contributed by atoms with van der Waals surface area (Å²) < 4.78 is 11.1. The number of aliphatic imine (C=N–C) groups is 1. The van der Waals surface area contributed by atoms with Gasteiger partial charge in [0.15, 0.2) is 16.7 Å². The largest absolute Gasteiger partial charge is 0.486 e. The second-order valence-electron chi connectivity index (χ2n) is 5.67. The number of fused-ring (bicyclic) bond motifs is 1. The van der Waals surface area contributed by atoms with Gasteiger partial charge < -0.3 is 14.8 Å². The molecule has 0 unspecified atom stereocenters. The summed E-state index contributed by atoms with van der Waals surface area (Å²) >= 11 is 1.33. The SMILES string of the molecule is Bc1ccccc1/N=C1/NC(=O)/C(=C/c2ccc3c(c2)OCCO3)S1. The number of ether oxygens (including phenoxy) is 2. The van der Waals surface area contributed by atoms with Crippen molar-refractivity contribution in [2.75, 3.05) is 13.2 Å². The van der Waals surface area contributed by atoms with E-state index in [9.17, 15) is 4.79 Å². The van der Waals surface area contributed by atoms with Gasteiger partial charge >= 0.3 is 0 Å². The number of amides is 1. The normalized spacial score (nSPS) is 19.3. The van der Waals surface area contributed by atoms with Gasteiger partial charge in [-0.15, -0.1) is 0 Å². The first-order chi connectivity index (χ1) is 12.2. The predicted octanol–water partition coefficient (Wildman–Crippen LogP) is 1.61. The van der Waals surface area contributed by atoms with Gasteiger partial charge in [0.25, 0.3) is 5.91 Å². The molecule has 124 valence electrons. The highest BCUT2D eigenvalue weighted by atomic mass is 32.2. The molecule has 1 saturated heterocycles. The highest BCUT2D eigenvalue weighted by Gasteiger charge is 2.24. The van der Waals surface area contributed by atoms with Gasteiger partial charge in [-0.05, 0) is 41.6 Å². The summed E-state index contributed by atoms with van der Waals surface area (Å²) in [5, 5.41) is 3.40. The third-order valence-electron chi connectivity index (χ3n) is 3.85. The smallest absolute Gasteiger partial charge is 0.264 e. The first kappa shape index (κ1) is 15.8. The zero-order chi connectivity index (χ0) is 17.2. The maximum Gasteiger partial charge on any atom is 0.264 e. The van der Waals surface area contributed by atoms with Crippen LogP contribution in [0.1, 0.15) is 5.56 Å². The van der Waals surface area contributed by atoms with Gasteiger partial charge in [0.2, 0.25) is 0 Å². The first-order valence-corrected chi connectivity index (χ1v) is 8.75. The molecule has 0 bridgehead atoms. The molecule has 0 aliphatic carbocycles. The van der Waals surface area contributed by atoms with Crippen LogP contribution in [-0.2, 0) is 4.79 Å². The molecule has 2 aliphatic rings. The summed E-state index contributed by atoms with van der Waals surface area (Å²) in [4.78, 5) is 17.3. The van der Waals surface area contributed by atoms with E-state index in [-0.39, 0.29) is 5.91 Å². The van der Waals surface area contributed by atoms with Crippen LogP contribution in [0.2, 0.25) is 0 Å². The summed E-state index contributed by atoms with van der Waals surface area (Å²) in [6, 6.07) is 13.5. The Kier molecular flexibility index (Phi) is 4.23. The number of carbonyl (C=O) groups excluding carboxylic acids is 1. The minimum absolute atomic E-state index is 0.146. The van der Waals surface area contributed by atoms with Crippen molar-refractivity contribution >= 4 is 47.9 Å². The molecule has 1 fully saturated rings. The fourth-order valence-electron chi connectivity index (χ4n) is 2.58. The van der Waals surface area contributed by atoms with E-state index in [2.05, 4.69) is 10.3 Å². The second kappa shape index (κ2) is 6.68. The van der Waals surface area contributed by atoms with E-state index in [1.54, 1.807) is 0 Å². The van der Waals surface area contributed by atoms with E-state index in [4.69, 9.17) is 9.47 Å². The van der Waals surface area contributed by atoms with Crippen molar-refractivity contribution in [1.29, 1.82) is 0 Å². The van der Waals surface area contributed by atoms with Crippen molar-refractivity contribution in [2.24, 2.45) is 4.99 Å². The molecular formula is C18H15BN2O3S. The summed E-state index contributed by atoms with van der Waals surface area (Å²) in [7, 11) is 1.99.